The number of likely N-dealkylation sites (N-methyl/N-ethyl adjacent to an activating group) is 1. The molecular formula is C23H38N4O5S. The Morgan fingerprint density at radius 1 is 1.06 bits per heavy atom. The van der Waals surface area contributed by atoms with E-state index in [0.29, 0.717) is 31.3 Å². The van der Waals surface area contributed by atoms with Crippen molar-refractivity contribution in [1.82, 2.24) is 19.8 Å². The Kier molecular flexibility index (Phi) is 9.37. The summed E-state index contributed by atoms with van der Waals surface area (Å²) in [6, 6.07) is 3.67. The lowest BCUT2D eigenvalue weighted by Gasteiger charge is -2.32. The molecule has 0 saturated carbocycles. The Morgan fingerprint density at radius 3 is 2.45 bits per heavy atom. The highest BCUT2D eigenvalue weighted by atomic mass is 32.2. The molecule has 1 aromatic carbocycles. The summed E-state index contributed by atoms with van der Waals surface area (Å²) in [7, 11) is -1.77. The van der Waals surface area contributed by atoms with E-state index in [2.05, 4.69) is 26.9 Å². The van der Waals surface area contributed by atoms with Crippen molar-refractivity contribution in [2.45, 2.75) is 44.0 Å². The SMILES string of the molecule is CC(C)C(NS(=O)(=O)c1ccc2c(c1)OCCCO2)C(=O)NCCCCN1CCN(C)CC1. The molecule has 2 heterocycles. The molecule has 9 nitrogen and oxygen atoms in total. The molecule has 1 fully saturated rings. The molecule has 1 saturated heterocycles. The van der Waals surface area contributed by atoms with Crippen molar-refractivity contribution in [3.8, 4) is 11.5 Å². The largest absolute Gasteiger partial charge is 0.490 e. The summed E-state index contributed by atoms with van der Waals surface area (Å²) in [4.78, 5) is 17.6. The maximum absolute atomic E-state index is 13.0. The maximum atomic E-state index is 13.0. The molecule has 0 spiro atoms. The van der Waals surface area contributed by atoms with Gasteiger partial charge in [0.2, 0.25) is 15.9 Å². The van der Waals surface area contributed by atoms with Crippen molar-refractivity contribution < 1.29 is 22.7 Å². The van der Waals surface area contributed by atoms with Crippen LogP contribution in [0.25, 0.3) is 0 Å². The first-order valence-electron chi connectivity index (χ1n) is 11.9. The van der Waals surface area contributed by atoms with Crippen LogP contribution in [-0.2, 0) is 14.8 Å². The highest BCUT2D eigenvalue weighted by molar-refractivity contribution is 7.89. The van der Waals surface area contributed by atoms with Gasteiger partial charge < -0.3 is 24.6 Å². The second-order valence-corrected chi connectivity index (χ2v) is 10.9. The molecule has 10 heteroatoms. The van der Waals surface area contributed by atoms with Crippen LogP contribution in [0.4, 0.5) is 0 Å². The minimum Gasteiger partial charge on any atom is -0.490 e. The van der Waals surface area contributed by atoms with Crippen LogP contribution in [0.2, 0.25) is 0 Å². The van der Waals surface area contributed by atoms with Gasteiger partial charge in [-0.15, -0.1) is 0 Å². The van der Waals surface area contributed by atoms with Crippen molar-refractivity contribution in [1.29, 1.82) is 0 Å². The normalized spacial score (nSPS) is 18.7. The van der Waals surface area contributed by atoms with Crippen molar-refractivity contribution in [3.63, 3.8) is 0 Å². The van der Waals surface area contributed by atoms with Crippen LogP contribution >= 0.6 is 0 Å². The van der Waals surface area contributed by atoms with E-state index in [1.807, 2.05) is 13.8 Å². The lowest BCUT2D eigenvalue weighted by Crippen LogP contribution is -2.49. The van der Waals surface area contributed by atoms with Crippen LogP contribution in [0.1, 0.15) is 33.1 Å². The van der Waals surface area contributed by atoms with Crippen molar-refractivity contribution in [3.05, 3.63) is 18.2 Å². The Balaban J connectivity index is 1.50. The van der Waals surface area contributed by atoms with Gasteiger partial charge in [-0.1, -0.05) is 13.8 Å². The van der Waals surface area contributed by atoms with E-state index in [4.69, 9.17) is 9.47 Å². The number of ether oxygens (including phenoxy) is 2. The fraction of sp³-hybridized carbons (Fsp3) is 0.696. The fourth-order valence-corrected chi connectivity index (χ4v) is 5.25. The lowest BCUT2D eigenvalue weighted by molar-refractivity contribution is -0.123. The van der Waals surface area contributed by atoms with E-state index >= 15 is 0 Å². The summed E-state index contributed by atoms with van der Waals surface area (Å²) >= 11 is 0. The zero-order valence-electron chi connectivity index (χ0n) is 20.0. The number of nitrogens with zero attached hydrogens (tertiary/aromatic N) is 2. The number of amides is 1. The number of sulfonamides is 1. The van der Waals surface area contributed by atoms with Gasteiger partial charge in [-0.3, -0.25) is 4.79 Å². The number of piperazine rings is 1. The number of carbonyl (C=O) groups is 1. The van der Waals surface area contributed by atoms with Gasteiger partial charge >= 0.3 is 0 Å². The van der Waals surface area contributed by atoms with Gasteiger partial charge in [-0.05, 0) is 44.5 Å². The van der Waals surface area contributed by atoms with Gasteiger partial charge in [0.05, 0.1) is 18.1 Å². The molecular weight excluding hydrogens is 444 g/mol. The summed E-state index contributed by atoms with van der Waals surface area (Å²) in [5.74, 6) is 0.426. The molecule has 2 aliphatic heterocycles. The minimum atomic E-state index is -3.91. The summed E-state index contributed by atoms with van der Waals surface area (Å²) in [5, 5.41) is 2.90. The number of carbonyl (C=O) groups excluding carboxylic acids is 1. The number of fused-ring (bicyclic) bond motifs is 1. The maximum Gasteiger partial charge on any atom is 0.241 e. The second-order valence-electron chi connectivity index (χ2n) is 9.15. The van der Waals surface area contributed by atoms with Crippen LogP contribution < -0.4 is 19.5 Å². The highest BCUT2D eigenvalue weighted by Gasteiger charge is 2.29. The molecule has 1 atom stereocenters. The number of rotatable bonds is 10. The molecule has 1 amide bonds. The van der Waals surface area contributed by atoms with E-state index in [9.17, 15) is 13.2 Å². The summed E-state index contributed by atoms with van der Waals surface area (Å²) < 4.78 is 39.8. The van der Waals surface area contributed by atoms with Gasteiger partial charge in [-0.2, -0.15) is 4.72 Å². The minimum absolute atomic E-state index is 0.0531. The molecule has 0 aliphatic carbocycles. The molecule has 1 aromatic rings. The molecule has 33 heavy (non-hydrogen) atoms. The van der Waals surface area contributed by atoms with Crippen molar-refractivity contribution in [2.24, 2.45) is 5.92 Å². The lowest BCUT2D eigenvalue weighted by atomic mass is 10.1. The van der Waals surface area contributed by atoms with Crippen LogP contribution in [-0.4, -0.2) is 89.7 Å². The number of unbranched alkanes of at least 4 members (excludes halogenated alkanes) is 1. The van der Waals surface area contributed by atoms with Crippen LogP contribution in [0.5, 0.6) is 11.5 Å². The Morgan fingerprint density at radius 2 is 1.76 bits per heavy atom. The number of hydrogen-bond acceptors (Lipinski definition) is 7. The van der Waals surface area contributed by atoms with Crippen LogP contribution in [0, 0.1) is 5.92 Å². The first-order valence-corrected chi connectivity index (χ1v) is 13.3. The van der Waals surface area contributed by atoms with Gasteiger partial charge in [0.15, 0.2) is 11.5 Å². The van der Waals surface area contributed by atoms with Gasteiger partial charge in [0.1, 0.15) is 6.04 Å². The van der Waals surface area contributed by atoms with E-state index in [0.717, 1.165) is 52.0 Å². The third-order valence-corrected chi connectivity index (χ3v) is 7.50. The zero-order valence-corrected chi connectivity index (χ0v) is 20.8. The molecule has 0 aromatic heterocycles. The topological polar surface area (TPSA) is 100 Å². The first-order chi connectivity index (χ1) is 15.8. The quantitative estimate of drug-likeness (QED) is 0.485. The molecule has 0 radical (unpaired) electrons. The van der Waals surface area contributed by atoms with E-state index in [1.165, 1.54) is 12.1 Å². The average molecular weight is 483 g/mol. The molecule has 2 aliphatic rings. The Hall–Kier alpha value is -1.88. The molecule has 2 N–H and O–H groups in total. The third kappa shape index (κ3) is 7.56. The number of hydrogen-bond donors (Lipinski definition) is 2. The average Bonchev–Trinajstić information content (AvgIpc) is 3.03. The second kappa shape index (κ2) is 12.0. The monoisotopic (exact) mass is 482 g/mol. The summed E-state index contributed by atoms with van der Waals surface area (Å²) in [5.41, 5.74) is 0. The van der Waals surface area contributed by atoms with Gasteiger partial charge in [0, 0.05) is 45.2 Å². The highest BCUT2D eigenvalue weighted by Crippen LogP contribution is 2.32. The summed E-state index contributed by atoms with van der Waals surface area (Å²) in [6.45, 7) is 10.6. The number of benzene rings is 1. The third-order valence-electron chi connectivity index (χ3n) is 6.06. The van der Waals surface area contributed by atoms with Crippen molar-refractivity contribution >= 4 is 15.9 Å². The molecule has 0 bridgehead atoms. The Labute approximate surface area is 197 Å². The predicted octanol–water partition coefficient (Wildman–Crippen LogP) is 1.29. The molecule has 3 rings (SSSR count). The predicted molar refractivity (Wildman–Crippen MR) is 127 cm³/mol. The van der Waals surface area contributed by atoms with E-state index in [-0.39, 0.29) is 16.7 Å². The van der Waals surface area contributed by atoms with Crippen molar-refractivity contribution in [2.75, 3.05) is 59.5 Å². The molecule has 1 unspecified atom stereocenters. The number of nitrogens with one attached hydrogen (secondary N) is 2. The molecule has 186 valence electrons. The first kappa shape index (κ1) is 25.7. The zero-order chi connectivity index (χ0) is 23.8. The van der Waals surface area contributed by atoms with Gasteiger partial charge in [-0.25, -0.2) is 8.42 Å². The van der Waals surface area contributed by atoms with Crippen LogP contribution in [0.15, 0.2) is 23.1 Å². The fourth-order valence-electron chi connectivity index (χ4n) is 3.89. The van der Waals surface area contributed by atoms with E-state index in [1.54, 1.807) is 6.07 Å². The van der Waals surface area contributed by atoms with Crippen LogP contribution in [0.3, 0.4) is 0 Å². The standard InChI is InChI=1S/C23H38N4O5S/c1-18(2)22(23(28)24-9-4-5-10-27-13-11-26(3)12-14-27)25-33(29,30)19-7-8-20-21(17-19)32-16-6-15-31-20/h7-8,17-18,22,25H,4-6,9-16H2,1-3H3,(H,24,28). The smallest absolute Gasteiger partial charge is 0.241 e. The van der Waals surface area contributed by atoms with E-state index < -0.39 is 16.1 Å². The van der Waals surface area contributed by atoms with Gasteiger partial charge in [0.25, 0.3) is 0 Å². The summed E-state index contributed by atoms with van der Waals surface area (Å²) in [6.07, 6.45) is 2.59. The Bertz CT molecular complexity index is 885.